The summed E-state index contributed by atoms with van der Waals surface area (Å²) in [5.41, 5.74) is 7.32. The zero-order valence-corrected chi connectivity index (χ0v) is 14.4. The van der Waals surface area contributed by atoms with Crippen molar-refractivity contribution in [2.45, 2.75) is 13.0 Å². The molecule has 0 saturated carbocycles. The fourth-order valence-corrected chi connectivity index (χ4v) is 2.56. The number of nitrogens with two attached hydrogens (primary N) is 1. The van der Waals surface area contributed by atoms with E-state index in [1.165, 1.54) is 12.1 Å². The Labute approximate surface area is 146 Å². The second-order valence-corrected chi connectivity index (χ2v) is 5.74. The van der Waals surface area contributed by atoms with Crippen molar-refractivity contribution in [2.24, 2.45) is 11.7 Å². The van der Waals surface area contributed by atoms with Gasteiger partial charge in [0, 0.05) is 24.7 Å². The summed E-state index contributed by atoms with van der Waals surface area (Å²) < 4.78 is 23.5. The fraction of sp³-hybridized carbons (Fsp3) is 0.316. The minimum Gasteiger partial charge on any atom is -0.497 e. The zero-order valence-electron chi connectivity index (χ0n) is 14.4. The standard InChI is InChI=1S/C19H23FN2O3/c1-24-17-8-5-14(18(10-17)25-2)11-22-12-15(19(21)23)9-13-3-6-16(20)7-4-13/h3-8,10,15,22H,9,11-12H2,1-2H3,(H2,21,23)/t15-/m0/s1. The number of methoxy groups -OCH3 is 2. The number of halogens is 1. The highest BCUT2D eigenvalue weighted by molar-refractivity contribution is 5.77. The van der Waals surface area contributed by atoms with E-state index in [0.717, 1.165) is 11.1 Å². The van der Waals surface area contributed by atoms with E-state index in [9.17, 15) is 9.18 Å². The van der Waals surface area contributed by atoms with Crippen LogP contribution in [0.2, 0.25) is 0 Å². The second kappa shape index (κ2) is 9.03. The Kier molecular flexibility index (Phi) is 6.77. The number of carbonyl (C=O) groups excluding carboxylic acids is 1. The van der Waals surface area contributed by atoms with Gasteiger partial charge in [-0.3, -0.25) is 4.79 Å². The Balaban J connectivity index is 1.95. The van der Waals surface area contributed by atoms with Crippen molar-refractivity contribution in [3.05, 3.63) is 59.4 Å². The van der Waals surface area contributed by atoms with Gasteiger partial charge in [0.05, 0.1) is 20.1 Å². The van der Waals surface area contributed by atoms with Crippen molar-refractivity contribution in [3.63, 3.8) is 0 Å². The molecule has 134 valence electrons. The van der Waals surface area contributed by atoms with Crippen molar-refractivity contribution >= 4 is 5.91 Å². The van der Waals surface area contributed by atoms with Crippen molar-refractivity contribution in [3.8, 4) is 11.5 Å². The minimum absolute atomic E-state index is 0.302. The molecule has 0 aromatic heterocycles. The summed E-state index contributed by atoms with van der Waals surface area (Å²) in [6, 6.07) is 11.6. The van der Waals surface area contributed by atoms with E-state index in [4.69, 9.17) is 15.2 Å². The molecule has 3 N–H and O–H groups in total. The highest BCUT2D eigenvalue weighted by Gasteiger charge is 2.16. The SMILES string of the molecule is COc1ccc(CNC[C@H](Cc2ccc(F)cc2)C(N)=O)c(OC)c1. The molecule has 0 heterocycles. The van der Waals surface area contributed by atoms with Crippen LogP contribution in [0.25, 0.3) is 0 Å². The Morgan fingerprint density at radius 1 is 1.16 bits per heavy atom. The number of amides is 1. The molecule has 6 heteroatoms. The van der Waals surface area contributed by atoms with E-state index in [1.807, 2.05) is 12.1 Å². The van der Waals surface area contributed by atoms with Gasteiger partial charge in [0.1, 0.15) is 17.3 Å². The van der Waals surface area contributed by atoms with Crippen LogP contribution in [0.5, 0.6) is 11.5 Å². The lowest BCUT2D eigenvalue weighted by Gasteiger charge is -2.16. The number of rotatable bonds is 9. The predicted octanol–water partition coefficient (Wildman–Crippen LogP) is 2.28. The van der Waals surface area contributed by atoms with Gasteiger partial charge in [-0.05, 0) is 30.2 Å². The number of nitrogens with one attached hydrogen (secondary N) is 1. The summed E-state index contributed by atoms with van der Waals surface area (Å²) >= 11 is 0. The number of carbonyl (C=O) groups is 1. The second-order valence-electron chi connectivity index (χ2n) is 5.74. The summed E-state index contributed by atoms with van der Waals surface area (Å²) in [6.07, 6.45) is 0.461. The molecule has 2 aromatic rings. The highest BCUT2D eigenvalue weighted by Crippen LogP contribution is 2.24. The first-order chi connectivity index (χ1) is 12.0. The average molecular weight is 346 g/mol. The zero-order chi connectivity index (χ0) is 18.2. The van der Waals surface area contributed by atoms with Crippen LogP contribution in [-0.2, 0) is 17.8 Å². The van der Waals surface area contributed by atoms with Crippen LogP contribution >= 0.6 is 0 Å². The molecule has 1 amide bonds. The molecular formula is C19H23FN2O3. The van der Waals surface area contributed by atoms with Crippen LogP contribution < -0.4 is 20.5 Å². The maximum absolute atomic E-state index is 13.0. The predicted molar refractivity (Wildman–Crippen MR) is 94.0 cm³/mol. The lowest BCUT2D eigenvalue weighted by molar-refractivity contribution is -0.121. The molecule has 25 heavy (non-hydrogen) atoms. The molecular weight excluding hydrogens is 323 g/mol. The topological polar surface area (TPSA) is 73.6 Å². The van der Waals surface area contributed by atoms with Gasteiger partial charge in [0.2, 0.25) is 5.91 Å². The third kappa shape index (κ3) is 5.46. The van der Waals surface area contributed by atoms with Gasteiger partial charge < -0.3 is 20.5 Å². The maximum Gasteiger partial charge on any atom is 0.222 e. The summed E-state index contributed by atoms with van der Waals surface area (Å²) in [5.74, 6) is 0.352. The van der Waals surface area contributed by atoms with Crippen LogP contribution in [0.4, 0.5) is 4.39 Å². The minimum atomic E-state index is -0.390. The van der Waals surface area contributed by atoms with E-state index in [-0.39, 0.29) is 11.7 Å². The van der Waals surface area contributed by atoms with Gasteiger partial charge in [0.25, 0.3) is 0 Å². The molecule has 1 atom stereocenters. The third-order valence-electron chi connectivity index (χ3n) is 4.00. The Morgan fingerprint density at radius 2 is 1.88 bits per heavy atom. The molecule has 0 unspecified atom stereocenters. The lowest BCUT2D eigenvalue weighted by atomic mass is 9.98. The van der Waals surface area contributed by atoms with Gasteiger partial charge in [0.15, 0.2) is 0 Å². The fourth-order valence-electron chi connectivity index (χ4n) is 2.56. The first kappa shape index (κ1) is 18.7. The van der Waals surface area contributed by atoms with E-state index < -0.39 is 5.91 Å². The van der Waals surface area contributed by atoms with Gasteiger partial charge in [-0.2, -0.15) is 0 Å². The van der Waals surface area contributed by atoms with Crippen LogP contribution in [0.15, 0.2) is 42.5 Å². The van der Waals surface area contributed by atoms with Gasteiger partial charge in [-0.1, -0.05) is 18.2 Å². The molecule has 0 aliphatic rings. The molecule has 0 bridgehead atoms. The smallest absolute Gasteiger partial charge is 0.222 e. The largest absolute Gasteiger partial charge is 0.497 e. The highest BCUT2D eigenvalue weighted by atomic mass is 19.1. The van der Waals surface area contributed by atoms with E-state index in [2.05, 4.69) is 5.32 Å². The Hall–Kier alpha value is -2.60. The molecule has 0 aliphatic heterocycles. The number of hydrogen-bond acceptors (Lipinski definition) is 4. The van der Waals surface area contributed by atoms with E-state index in [1.54, 1.807) is 32.4 Å². The molecule has 0 aliphatic carbocycles. The number of ether oxygens (including phenoxy) is 2. The molecule has 2 aromatic carbocycles. The lowest BCUT2D eigenvalue weighted by Crippen LogP contribution is -2.34. The van der Waals surface area contributed by atoms with Crippen molar-refractivity contribution in [2.75, 3.05) is 20.8 Å². The number of hydrogen-bond donors (Lipinski definition) is 2. The third-order valence-corrected chi connectivity index (χ3v) is 4.00. The molecule has 0 fully saturated rings. The van der Waals surface area contributed by atoms with E-state index in [0.29, 0.717) is 31.0 Å². The van der Waals surface area contributed by atoms with Crippen LogP contribution in [-0.4, -0.2) is 26.7 Å². The van der Waals surface area contributed by atoms with Crippen LogP contribution in [0.3, 0.4) is 0 Å². The van der Waals surface area contributed by atoms with E-state index >= 15 is 0 Å². The molecule has 0 saturated heterocycles. The quantitative estimate of drug-likeness (QED) is 0.731. The maximum atomic E-state index is 13.0. The van der Waals surface area contributed by atoms with Crippen LogP contribution in [0.1, 0.15) is 11.1 Å². The van der Waals surface area contributed by atoms with Gasteiger partial charge in [-0.15, -0.1) is 0 Å². The van der Waals surface area contributed by atoms with Crippen molar-refractivity contribution in [1.29, 1.82) is 0 Å². The monoisotopic (exact) mass is 346 g/mol. The van der Waals surface area contributed by atoms with Crippen LogP contribution in [0, 0.1) is 11.7 Å². The summed E-state index contributed by atoms with van der Waals surface area (Å²) in [7, 11) is 3.19. The molecule has 0 spiro atoms. The summed E-state index contributed by atoms with van der Waals surface area (Å²) in [4.78, 5) is 11.7. The van der Waals surface area contributed by atoms with Crippen molar-refractivity contribution in [1.82, 2.24) is 5.32 Å². The molecule has 2 rings (SSSR count). The van der Waals surface area contributed by atoms with Crippen molar-refractivity contribution < 1.29 is 18.7 Å². The summed E-state index contributed by atoms with van der Waals surface area (Å²) in [6.45, 7) is 0.947. The number of benzene rings is 2. The molecule has 5 nitrogen and oxygen atoms in total. The molecule has 0 radical (unpaired) electrons. The summed E-state index contributed by atoms with van der Waals surface area (Å²) in [5, 5.41) is 3.23. The number of primary amides is 1. The first-order valence-corrected chi connectivity index (χ1v) is 7.99. The first-order valence-electron chi connectivity index (χ1n) is 7.99. The normalized spacial score (nSPS) is 11.8. The average Bonchev–Trinajstić information content (AvgIpc) is 2.62. The Morgan fingerprint density at radius 3 is 2.48 bits per heavy atom. The van der Waals surface area contributed by atoms with Gasteiger partial charge >= 0.3 is 0 Å². The van der Waals surface area contributed by atoms with Gasteiger partial charge in [-0.25, -0.2) is 4.39 Å². The Bertz CT molecular complexity index is 704.